The molecule has 5 heteroatoms. The fourth-order valence-electron chi connectivity index (χ4n) is 2.56. The van der Waals surface area contributed by atoms with Crippen LogP contribution in [0.25, 0.3) is 10.8 Å². The standard InChI is InChI=1S/C18H15NO3S/c1-10-11(2)23-16(15(10)18(21)22)17(20)19-14-9-5-7-12-6-3-4-8-13(12)14/h3-9H,1-2H3,(H,19,20)(H,21,22). The molecule has 0 aliphatic heterocycles. The number of amides is 1. The third-order valence-corrected chi connectivity index (χ3v) is 5.05. The monoisotopic (exact) mass is 325 g/mol. The van der Waals surface area contributed by atoms with Crippen LogP contribution in [-0.4, -0.2) is 17.0 Å². The number of nitrogens with one attached hydrogen (secondary N) is 1. The normalized spacial score (nSPS) is 10.7. The van der Waals surface area contributed by atoms with Crippen molar-refractivity contribution < 1.29 is 14.7 Å². The first-order chi connectivity index (χ1) is 11.0. The molecule has 0 spiro atoms. The second kappa shape index (κ2) is 5.85. The van der Waals surface area contributed by atoms with Gasteiger partial charge >= 0.3 is 5.97 Å². The first-order valence-corrected chi connectivity index (χ1v) is 7.93. The average Bonchev–Trinajstić information content (AvgIpc) is 2.83. The second-order valence-corrected chi connectivity index (χ2v) is 6.50. The smallest absolute Gasteiger partial charge is 0.337 e. The third kappa shape index (κ3) is 2.71. The zero-order valence-corrected chi connectivity index (χ0v) is 13.5. The summed E-state index contributed by atoms with van der Waals surface area (Å²) in [7, 11) is 0. The molecule has 1 aromatic heterocycles. The Kier molecular flexibility index (Phi) is 3.88. The van der Waals surface area contributed by atoms with Crippen LogP contribution in [0.5, 0.6) is 0 Å². The lowest BCUT2D eigenvalue weighted by Gasteiger charge is -2.08. The number of carboxylic acids is 1. The minimum Gasteiger partial charge on any atom is -0.478 e. The van der Waals surface area contributed by atoms with Crippen molar-refractivity contribution in [3.05, 3.63) is 63.3 Å². The van der Waals surface area contributed by atoms with E-state index in [9.17, 15) is 14.7 Å². The SMILES string of the molecule is Cc1sc(C(=O)Nc2cccc3ccccc23)c(C(=O)O)c1C. The van der Waals surface area contributed by atoms with Gasteiger partial charge in [0.25, 0.3) is 5.91 Å². The summed E-state index contributed by atoms with van der Waals surface area (Å²) in [5.41, 5.74) is 1.41. The number of carbonyl (C=O) groups excluding carboxylic acids is 1. The van der Waals surface area contributed by atoms with Gasteiger partial charge in [0.1, 0.15) is 4.88 Å². The van der Waals surface area contributed by atoms with Gasteiger partial charge in [0.15, 0.2) is 0 Å². The van der Waals surface area contributed by atoms with E-state index in [1.807, 2.05) is 49.4 Å². The van der Waals surface area contributed by atoms with Crippen molar-refractivity contribution in [2.45, 2.75) is 13.8 Å². The molecule has 2 N–H and O–H groups in total. The van der Waals surface area contributed by atoms with Crippen molar-refractivity contribution in [2.24, 2.45) is 0 Å². The first-order valence-electron chi connectivity index (χ1n) is 7.11. The number of thiophene rings is 1. The molecule has 2 aromatic carbocycles. The summed E-state index contributed by atoms with van der Waals surface area (Å²) in [4.78, 5) is 25.1. The largest absolute Gasteiger partial charge is 0.478 e. The molecule has 0 aliphatic rings. The number of hydrogen-bond donors (Lipinski definition) is 2. The van der Waals surface area contributed by atoms with Crippen LogP contribution in [0.3, 0.4) is 0 Å². The number of anilines is 1. The molecule has 1 amide bonds. The summed E-state index contributed by atoms with van der Waals surface area (Å²) in [5, 5.41) is 14.2. The predicted octanol–water partition coefficient (Wildman–Crippen LogP) is 4.47. The molecule has 116 valence electrons. The second-order valence-electron chi connectivity index (χ2n) is 5.27. The Bertz CT molecular complexity index is 922. The van der Waals surface area contributed by atoms with Crippen LogP contribution in [0, 0.1) is 13.8 Å². The molecule has 3 rings (SSSR count). The fraction of sp³-hybridized carbons (Fsp3) is 0.111. The molecule has 0 saturated heterocycles. The third-order valence-electron chi connectivity index (χ3n) is 3.84. The topological polar surface area (TPSA) is 66.4 Å². The Morgan fingerprint density at radius 1 is 1.04 bits per heavy atom. The highest BCUT2D eigenvalue weighted by molar-refractivity contribution is 7.14. The van der Waals surface area contributed by atoms with E-state index in [2.05, 4.69) is 5.32 Å². The van der Waals surface area contributed by atoms with E-state index in [0.29, 0.717) is 11.3 Å². The van der Waals surface area contributed by atoms with Gasteiger partial charge in [-0.15, -0.1) is 11.3 Å². The zero-order chi connectivity index (χ0) is 16.6. The lowest BCUT2D eigenvalue weighted by Crippen LogP contribution is -2.14. The number of hydrogen-bond acceptors (Lipinski definition) is 3. The van der Waals surface area contributed by atoms with E-state index in [1.54, 1.807) is 6.92 Å². The molecule has 4 nitrogen and oxygen atoms in total. The minimum atomic E-state index is -1.07. The molecule has 0 unspecified atom stereocenters. The highest BCUT2D eigenvalue weighted by Crippen LogP contribution is 2.29. The molecule has 1 heterocycles. The summed E-state index contributed by atoms with van der Waals surface area (Å²) < 4.78 is 0. The lowest BCUT2D eigenvalue weighted by atomic mass is 10.1. The number of benzene rings is 2. The van der Waals surface area contributed by atoms with Crippen LogP contribution < -0.4 is 5.32 Å². The number of aryl methyl sites for hydroxylation is 1. The van der Waals surface area contributed by atoms with Gasteiger partial charge in [0.05, 0.1) is 5.56 Å². The Morgan fingerprint density at radius 2 is 1.74 bits per heavy atom. The lowest BCUT2D eigenvalue weighted by molar-refractivity contribution is 0.0692. The van der Waals surface area contributed by atoms with Crippen LogP contribution >= 0.6 is 11.3 Å². The number of rotatable bonds is 3. The van der Waals surface area contributed by atoms with Gasteiger partial charge in [-0.1, -0.05) is 36.4 Å². The van der Waals surface area contributed by atoms with Gasteiger partial charge < -0.3 is 10.4 Å². The van der Waals surface area contributed by atoms with E-state index >= 15 is 0 Å². The predicted molar refractivity (Wildman–Crippen MR) is 92.7 cm³/mol. The van der Waals surface area contributed by atoms with E-state index in [4.69, 9.17) is 0 Å². The summed E-state index contributed by atoms with van der Waals surface area (Å²) in [6, 6.07) is 13.4. The van der Waals surface area contributed by atoms with Crippen LogP contribution in [0.4, 0.5) is 5.69 Å². The molecular formula is C18H15NO3S. The Morgan fingerprint density at radius 3 is 2.48 bits per heavy atom. The van der Waals surface area contributed by atoms with E-state index in [1.165, 1.54) is 11.3 Å². The van der Waals surface area contributed by atoms with Gasteiger partial charge in [-0.2, -0.15) is 0 Å². The van der Waals surface area contributed by atoms with Gasteiger partial charge in [0.2, 0.25) is 0 Å². The summed E-state index contributed by atoms with van der Waals surface area (Å²) >= 11 is 1.21. The maximum absolute atomic E-state index is 12.6. The molecule has 0 aliphatic carbocycles. The molecule has 0 atom stereocenters. The molecule has 0 fully saturated rings. The van der Waals surface area contributed by atoms with Crippen molar-refractivity contribution in [1.82, 2.24) is 0 Å². The number of aromatic carboxylic acids is 1. The van der Waals surface area contributed by atoms with Gasteiger partial charge in [-0.3, -0.25) is 4.79 Å². The minimum absolute atomic E-state index is 0.0882. The van der Waals surface area contributed by atoms with Crippen LogP contribution in [0.2, 0.25) is 0 Å². The molecule has 23 heavy (non-hydrogen) atoms. The maximum atomic E-state index is 12.6. The molecule has 0 radical (unpaired) electrons. The van der Waals surface area contributed by atoms with Gasteiger partial charge in [-0.05, 0) is 30.9 Å². The highest BCUT2D eigenvalue weighted by Gasteiger charge is 2.24. The summed E-state index contributed by atoms with van der Waals surface area (Å²) in [6.07, 6.45) is 0. The number of fused-ring (bicyclic) bond motifs is 1. The van der Waals surface area contributed by atoms with Crippen molar-refractivity contribution in [1.29, 1.82) is 0 Å². The van der Waals surface area contributed by atoms with Crippen LogP contribution in [0.1, 0.15) is 30.5 Å². The van der Waals surface area contributed by atoms with Gasteiger partial charge in [0, 0.05) is 16.0 Å². The zero-order valence-electron chi connectivity index (χ0n) is 12.7. The van der Waals surface area contributed by atoms with Gasteiger partial charge in [-0.25, -0.2) is 4.79 Å². The molecule has 0 saturated carbocycles. The highest BCUT2D eigenvalue weighted by atomic mass is 32.1. The first kappa shape index (κ1) is 15.2. The summed E-state index contributed by atoms with van der Waals surface area (Å²) in [6.45, 7) is 3.55. The van der Waals surface area contributed by atoms with Crippen molar-refractivity contribution >= 4 is 39.7 Å². The number of carbonyl (C=O) groups is 2. The van der Waals surface area contributed by atoms with Crippen molar-refractivity contribution in [3.63, 3.8) is 0 Å². The van der Waals surface area contributed by atoms with E-state index in [-0.39, 0.29) is 16.3 Å². The fourth-order valence-corrected chi connectivity index (χ4v) is 3.61. The molecular weight excluding hydrogens is 310 g/mol. The maximum Gasteiger partial charge on any atom is 0.337 e. The Balaban J connectivity index is 2.02. The van der Waals surface area contributed by atoms with E-state index < -0.39 is 5.97 Å². The number of carboxylic acid groups (broad SMARTS) is 1. The Labute approximate surface area is 137 Å². The van der Waals surface area contributed by atoms with Crippen LogP contribution in [0.15, 0.2) is 42.5 Å². The van der Waals surface area contributed by atoms with Crippen molar-refractivity contribution in [2.75, 3.05) is 5.32 Å². The average molecular weight is 325 g/mol. The van der Waals surface area contributed by atoms with Crippen molar-refractivity contribution in [3.8, 4) is 0 Å². The quantitative estimate of drug-likeness (QED) is 0.746. The molecule has 0 bridgehead atoms. The van der Waals surface area contributed by atoms with Crippen LogP contribution in [-0.2, 0) is 0 Å². The van der Waals surface area contributed by atoms with E-state index in [0.717, 1.165) is 15.6 Å². The summed E-state index contributed by atoms with van der Waals surface area (Å²) in [5.74, 6) is -1.46. The molecule has 3 aromatic rings. The Hall–Kier alpha value is -2.66.